The number of sulfonamides is 1. The molecule has 0 unspecified atom stereocenters. The summed E-state index contributed by atoms with van der Waals surface area (Å²) in [5.41, 5.74) is -0.244. The average molecular weight is 349 g/mol. The van der Waals surface area contributed by atoms with E-state index in [4.69, 9.17) is 5.11 Å². The van der Waals surface area contributed by atoms with Gasteiger partial charge in [0.1, 0.15) is 11.3 Å². The number of carboxylic acids is 1. The summed E-state index contributed by atoms with van der Waals surface area (Å²) in [5, 5.41) is 19.8. The van der Waals surface area contributed by atoms with Crippen LogP contribution in [0.2, 0.25) is 0 Å². The number of rotatable bonds is 3. The van der Waals surface area contributed by atoms with Crippen molar-refractivity contribution in [3.8, 4) is 5.75 Å². The molecule has 2 N–H and O–H groups in total. The standard InChI is InChI=1S/C17H19NO5S/c19-15-11-13-12(10-14(15)17(20)21)6-5-7-16(13)24(22,23)18-8-3-1-2-4-9-18/h5-7,10-11,19H,1-4,8-9H2,(H,20,21). The molecular formula is C17H19NO5S. The Morgan fingerprint density at radius 2 is 1.71 bits per heavy atom. The van der Waals surface area contributed by atoms with Gasteiger partial charge in [0, 0.05) is 18.5 Å². The number of aromatic carboxylic acids is 1. The van der Waals surface area contributed by atoms with Crippen molar-refractivity contribution in [2.24, 2.45) is 0 Å². The van der Waals surface area contributed by atoms with Gasteiger partial charge in [0.15, 0.2) is 0 Å². The Morgan fingerprint density at radius 3 is 2.33 bits per heavy atom. The van der Waals surface area contributed by atoms with Crippen molar-refractivity contribution in [3.05, 3.63) is 35.9 Å². The van der Waals surface area contributed by atoms with Crippen LogP contribution in [0.1, 0.15) is 36.0 Å². The lowest BCUT2D eigenvalue weighted by Crippen LogP contribution is -2.32. The molecule has 3 rings (SSSR count). The van der Waals surface area contributed by atoms with Crippen molar-refractivity contribution >= 4 is 26.8 Å². The van der Waals surface area contributed by atoms with Crippen molar-refractivity contribution in [2.45, 2.75) is 30.6 Å². The Bertz CT molecular complexity index is 883. The van der Waals surface area contributed by atoms with Gasteiger partial charge in [0.2, 0.25) is 10.0 Å². The van der Waals surface area contributed by atoms with E-state index in [9.17, 15) is 18.3 Å². The maximum atomic E-state index is 13.0. The summed E-state index contributed by atoms with van der Waals surface area (Å²) in [5.74, 6) is -1.69. The molecule has 0 saturated carbocycles. The first kappa shape index (κ1) is 16.7. The summed E-state index contributed by atoms with van der Waals surface area (Å²) < 4.78 is 27.5. The van der Waals surface area contributed by atoms with Crippen LogP contribution in [-0.2, 0) is 10.0 Å². The van der Waals surface area contributed by atoms with Gasteiger partial charge in [-0.05, 0) is 36.4 Å². The molecule has 128 valence electrons. The molecule has 7 heteroatoms. The third-order valence-corrected chi connectivity index (χ3v) is 6.33. The van der Waals surface area contributed by atoms with Crippen molar-refractivity contribution < 1.29 is 23.4 Å². The molecule has 6 nitrogen and oxygen atoms in total. The van der Waals surface area contributed by atoms with Crippen LogP contribution in [0.15, 0.2) is 35.2 Å². The van der Waals surface area contributed by atoms with Gasteiger partial charge in [-0.15, -0.1) is 0 Å². The second kappa shape index (κ2) is 6.41. The minimum absolute atomic E-state index is 0.106. The van der Waals surface area contributed by atoms with E-state index in [1.807, 2.05) is 0 Å². The zero-order chi connectivity index (χ0) is 17.3. The molecule has 2 aromatic carbocycles. The van der Waals surface area contributed by atoms with Crippen molar-refractivity contribution in [1.82, 2.24) is 4.31 Å². The maximum Gasteiger partial charge on any atom is 0.339 e. The lowest BCUT2D eigenvalue weighted by atomic mass is 10.1. The molecule has 0 spiro atoms. The number of nitrogens with zero attached hydrogens (tertiary/aromatic N) is 1. The van der Waals surface area contributed by atoms with Crippen LogP contribution in [0, 0.1) is 0 Å². The predicted molar refractivity (Wildman–Crippen MR) is 89.8 cm³/mol. The molecule has 24 heavy (non-hydrogen) atoms. The molecule has 1 aliphatic rings. The number of hydrogen-bond donors (Lipinski definition) is 2. The first-order valence-corrected chi connectivity index (χ1v) is 9.34. The highest BCUT2D eigenvalue weighted by atomic mass is 32.2. The van der Waals surface area contributed by atoms with Gasteiger partial charge < -0.3 is 10.2 Å². The fourth-order valence-electron chi connectivity index (χ4n) is 3.10. The summed E-state index contributed by atoms with van der Waals surface area (Å²) in [6.45, 7) is 0.968. The van der Waals surface area contributed by atoms with Crippen LogP contribution < -0.4 is 0 Å². The van der Waals surface area contributed by atoms with Crippen molar-refractivity contribution in [3.63, 3.8) is 0 Å². The van der Waals surface area contributed by atoms with Crippen LogP contribution in [0.25, 0.3) is 10.8 Å². The molecule has 0 amide bonds. The van der Waals surface area contributed by atoms with Crippen molar-refractivity contribution in [2.75, 3.05) is 13.1 Å². The Balaban J connectivity index is 2.15. The minimum Gasteiger partial charge on any atom is -0.507 e. The third-order valence-electron chi connectivity index (χ3n) is 4.37. The quantitative estimate of drug-likeness (QED) is 0.888. The number of phenols is 1. The maximum absolute atomic E-state index is 13.0. The van der Waals surface area contributed by atoms with E-state index in [1.54, 1.807) is 12.1 Å². The monoisotopic (exact) mass is 349 g/mol. The Kier molecular flexibility index (Phi) is 4.47. The van der Waals surface area contributed by atoms with E-state index in [0.29, 0.717) is 23.9 Å². The fraction of sp³-hybridized carbons (Fsp3) is 0.353. The van der Waals surface area contributed by atoms with E-state index in [0.717, 1.165) is 25.7 Å². The summed E-state index contributed by atoms with van der Waals surface area (Å²) in [4.78, 5) is 11.3. The molecule has 0 radical (unpaired) electrons. The average Bonchev–Trinajstić information content (AvgIpc) is 2.83. The van der Waals surface area contributed by atoms with Gasteiger partial charge >= 0.3 is 5.97 Å². The van der Waals surface area contributed by atoms with Gasteiger partial charge in [-0.1, -0.05) is 25.0 Å². The molecule has 1 fully saturated rings. The minimum atomic E-state index is -3.69. The normalized spacial score (nSPS) is 16.8. The first-order chi connectivity index (χ1) is 11.4. The van der Waals surface area contributed by atoms with Crippen LogP contribution in [0.4, 0.5) is 0 Å². The fourth-order valence-corrected chi connectivity index (χ4v) is 4.82. The molecule has 0 aliphatic carbocycles. The highest BCUT2D eigenvalue weighted by molar-refractivity contribution is 7.89. The van der Waals surface area contributed by atoms with Gasteiger partial charge in [-0.3, -0.25) is 0 Å². The van der Waals surface area contributed by atoms with Gasteiger partial charge in [-0.25, -0.2) is 13.2 Å². The molecule has 1 aliphatic heterocycles. The smallest absolute Gasteiger partial charge is 0.339 e. The molecule has 0 aromatic heterocycles. The Morgan fingerprint density at radius 1 is 1.04 bits per heavy atom. The van der Waals surface area contributed by atoms with Crippen molar-refractivity contribution in [1.29, 1.82) is 0 Å². The van der Waals surface area contributed by atoms with Gasteiger partial charge in [0.25, 0.3) is 0 Å². The molecule has 0 bridgehead atoms. The molecule has 0 atom stereocenters. The zero-order valence-corrected chi connectivity index (χ0v) is 13.9. The van der Waals surface area contributed by atoms with E-state index < -0.39 is 21.7 Å². The molecule has 1 heterocycles. The Labute approximate surface area is 140 Å². The number of hydrogen-bond acceptors (Lipinski definition) is 4. The van der Waals surface area contributed by atoms with Crippen LogP contribution in [0.3, 0.4) is 0 Å². The highest BCUT2D eigenvalue weighted by Crippen LogP contribution is 2.32. The summed E-state index contributed by atoms with van der Waals surface area (Å²) >= 11 is 0. The second-order valence-corrected chi connectivity index (χ2v) is 7.88. The highest BCUT2D eigenvalue weighted by Gasteiger charge is 2.27. The first-order valence-electron chi connectivity index (χ1n) is 7.90. The molecular weight excluding hydrogens is 330 g/mol. The summed E-state index contributed by atoms with van der Waals surface area (Å²) in [6.07, 6.45) is 3.70. The van der Waals surface area contributed by atoms with E-state index in [2.05, 4.69) is 0 Å². The number of fused-ring (bicyclic) bond motifs is 1. The van der Waals surface area contributed by atoms with Crippen LogP contribution in [-0.4, -0.2) is 42.0 Å². The van der Waals surface area contributed by atoms with Crippen LogP contribution >= 0.6 is 0 Å². The van der Waals surface area contributed by atoms with E-state index >= 15 is 0 Å². The van der Waals surface area contributed by atoms with E-state index in [-0.39, 0.29) is 10.5 Å². The largest absolute Gasteiger partial charge is 0.507 e. The molecule has 2 aromatic rings. The third kappa shape index (κ3) is 2.97. The topological polar surface area (TPSA) is 94.9 Å². The van der Waals surface area contributed by atoms with Gasteiger partial charge in [-0.2, -0.15) is 4.31 Å². The van der Waals surface area contributed by atoms with E-state index in [1.165, 1.54) is 22.5 Å². The second-order valence-electron chi connectivity index (χ2n) is 5.97. The predicted octanol–water partition coefficient (Wildman–Crippen LogP) is 2.81. The van der Waals surface area contributed by atoms with Crippen LogP contribution in [0.5, 0.6) is 5.75 Å². The van der Waals surface area contributed by atoms with Gasteiger partial charge in [0.05, 0.1) is 4.90 Å². The lowest BCUT2D eigenvalue weighted by Gasteiger charge is -2.21. The number of carbonyl (C=O) groups is 1. The summed E-state index contributed by atoms with van der Waals surface area (Å²) in [7, 11) is -3.69. The summed E-state index contributed by atoms with van der Waals surface area (Å²) in [6, 6.07) is 7.26. The zero-order valence-electron chi connectivity index (χ0n) is 13.1. The number of carboxylic acid groups (broad SMARTS) is 1. The number of benzene rings is 2. The number of aromatic hydroxyl groups is 1. The lowest BCUT2D eigenvalue weighted by molar-refractivity contribution is 0.0694. The molecule has 1 saturated heterocycles. The Hall–Kier alpha value is -2.12. The SMILES string of the molecule is O=C(O)c1cc2cccc(S(=O)(=O)N3CCCCCC3)c2cc1O.